The summed E-state index contributed by atoms with van der Waals surface area (Å²) in [5.41, 5.74) is 3.24. The summed E-state index contributed by atoms with van der Waals surface area (Å²) in [6.07, 6.45) is 1.88. The number of carbonyl (C=O) groups is 1. The molecule has 150 valence electrons. The summed E-state index contributed by atoms with van der Waals surface area (Å²) in [7, 11) is -1.62. The van der Waals surface area contributed by atoms with Crippen molar-refractivity contribution in [3.8, 4) is 11.1 Å². The van der Waals surface area contributed by atoms with E-state index in [2.05, 4.69) is 18.2 Å². The third-order valence-electron chi connectivity index (χ3n) is 5.19. The molecule has 0 spiro atoms. The number of carbonyl (C=O) groups excluding carboxylic acids is 1. The van der Waals surface area contributed by atoms with Crippen LogP contribution >= 0.6 is 0 Å². The molecule has 1 aliphatic heterocycles. The molecule has 2 aromatic rings. The zero-order valence-corrected chi connectivity index (χ0v) is 17.4. The molecule has 0 bridgehead atoms. The Balaban J connectivity index is 1.79. The first-order chi connectivity index (χ1) is 13.4. The number of benzene rings is 2. The molecule has 28 heavy (non-hydrogen) atoms. The lowest BCUT2D eigenvalue weighted by molar-refractivity contribution is -0.133. The van der Waals surface area contributed by atoms with Gasteiger partial charge in [-0.15, -0.1) is 0 Å². The fraction of sp³-hybridized carbons (Fsp3) is 0.409. The van der Waals surface area contributed by atoms with Crippen LogP contribution < -0.4 is 0 Å². The van der Waals surface area contributed by atoms with E-state index in [0.717, 1.165) is 23.1 Å². The highest BCUT2D eigenvalue weighted by atomic mass is 32.2. The minimum Gasteiger partial charge on any atom is -0.340 e. The topological polar surface area (TPSA) is 57.7 Å². The summed E-state index contributed by atoms with van der Waals surface area (Å²) in [4.78, 5) is 14.7. The van der Waals surface area contributed by atoms with Crippen molar-refractivity contribution < 1.29 is 13.2 Å². The number of hydrogen-bond donors (Lipinski definition) is 0. The van der Waals surface area contributed by atoms with Gasteiger partial charge in [0.05, 0.1) is 5.75 Å². The maximum atomic E-state index is 13.1. The van der Waals surface area contributed by atoms with Crippen LogP contribution in [0, 0.1) is 0 Å². The lowest BCUT2D eigenvalue weighted by Gasteiger charge is -2.28. The highest BCUT2D eigenvalue weighted by Crippen LogP contribution is 2.27. The van der Waals surface area contributed by atoms with Gasteiger partial charge < -0.3 is 4.90 Å². The molecule has 1 aliphatic rings. The Morgan fingerprint density at radius 1 is 1.11 bits per heavy atom. The maximum Gasteiger partial charge on any atom is 0.241 e. The van der Waals surface area contributed by atoms with Gasteiger partial charge in [-0.25, -0.2) is 8.42 Å². The molecule has 3 rings (SSSR count). The standard InChI is InChI=1S/C22H28N2O3S/c1-3-16-28(26,27)24-15-9-14-21(24)22(25)23(2)17-19-12-7-8-13-20(19)18-10-5-4-6-11-18/h4-8,10-13,21H,3,9,14-17H2,1-2H3. The van der Waals surface area contributed by atoms with Crippen molar-refractivity contribution >= 4 is 15.9 Å². The van der Waals surface area contributed by atoms with Gasteiger partial charge in [-0.05, 0) is 36.0 Å². The van der Waals surface area contributed by atoms with Crippen LogP contribution in [0.4, 0.5) is 0 Å². The van der Waals surface area contributed by atoms with Crippen LogP contribution in [0.5, 0.6) is 0 Å². The van der Waals surface area contributed by atoms with E-state index in [1.165, 1.54) is 4.31 Å². The molecule has 0 saturated carbocycles. The van der Waals surface area contributed by atoms with Gasteiger partial charge in [0.25, 0.3) is 0 Å². The van der Waals surface area contributed by atoms with E-state index >= 15 is 0 Å². The predicted octanol–water partition coefficient (Wildman–Crippen LogP) is 3.52. The molecule has 6 heteroatoms. The monoisotopic (exact) mass is 400 g/mol. The molecule has 1 amide bonds. The molecule has 0 aliphatic carbocycles. The number of amides is 1. The molecule has 1 saturated heterocycles. The Labute approximate surface area is 168 Å². The van der Waals surface area contributed by atoms with Gasteiger partial charge in [0.2, 0.25) is 15.9 Å². The average molecular weight is 401 g/mol. The third kappa shape index (κ3) is 4.45. The first-order valence-corrected chi connectivity index (χ1v) is 11.4. The second kappa shape index (κ2) is 8.88. The molecule has 0 N–H and O–H groups in total. The van der Waals surface area contributed by atoms with Crippen LogP contribution in [-0.2, 0) is 21.4 Å². The van der Waals surface area contributed by atoms with Crippen molar-refractivity contribution in [3.05, 3.63) is 60.2 Å². The lowest BCUT2D eigenvalue weighted by atomic mass is 9.99. The fourth-order valence-electron chi connectivity index (χ4n) is 3.84. The average Bonchev–Trinajstić information content (AvgIpc) is 3.19. The Kier molecular flexibility index (Phi) is 6.52. The molecule has 1 heterocycles. The van der Waals surface area contributed by atoms with Crippen molar-refractivity contribution in [2.45, 2.75) is 38.8 Å². The molecule has 5 nitrogen and oxygen atoms in total. The number of nitrogens with zero attached hydrogens (tertiary/aromatic N) is 2. The summed E-state index contributed by atoms with van der Waals surface area (Å²) < 4.78 is 26.5. The summed E-state index contributed by atoms with van der Waals surface area (Å²) in [6, 6.07) is 17.5. The number of likely N-dealkylation sites (N-methyl/N-ethyl adjacent to an activating group) is 1. The smallest absolute Gasteiger partial charge is 0.241 e. The summed E-state index contributed by atoms with van der Waals surface area (Å²) in [6.45, 7) is 2.73. The van der Waals surface area contributed by atoms with E-state index in [0.29, 0.717) is 25.9 Å². The quantitative estimate of drug-likeness (QED) is 0.715. The first kappa shape index (κ1) is 20.6. The van der Waals surface area contributed by atoms with E-state index in [1.807, 2.05) is 43.3 Å². The van der Waals surface area contributed by atoms with Gasteiger partial charge >= 0.3 is 0 Å². The van der Waals surface area contributed by atoms with Gasteiger partial charge in [-0.3, -0.25) is 4.79 Å². The van der Waals surface area contributed by atoms with Crippen LogP contribution in [0.15, 0.2) is 54.6 Å². The van der Waals surface area contributed by atoms with Crippen molar-refractivity contribution in [1.82, 2.24) is 9.21 Å². The number of rotatable bonds is 7. The van der Waals surface area contributed by atoms with Gasteiger partial charge in [-0.1, -0.05) is 61.5 Å². The minimum atomic E-state index is -3.38. The van der Waals surface area contributed by atoms with Crippen molar-refractivity contribution in [2.24, 2.45) is 0 Å². The Hall–Kier alpha value is -2.18. The van der Waals surface area contributed by atoms with Gasteiger partial charge in [0.1, 0.15) is 6.04 Å². The van der Waals surface area contributed by atoms with Gasteiger partial charge in [-0.2, -0.15) is 4.31 Å². The number of hydrogen-bond acceptors (Lipinski definition) is 3. The van der Waals surface area contributed by atoms with E-state index in [4.69, 9.17) is 0 Å². The highest BCUT2D eigenvalue weighted by molar-refractivity contribution is 7.89. The largest absolute Gasteiger partial charge is 0.340 e. The molecule has 1 atom stereocenters. The molecule has 0 aromatic heterocycles. The van der Waals surface area contributed by atoms with E-state index < -0.39 is 16.1 Å². The molecular weight excluding hydrogens is 372 g/mol. The Morgan fingerprint density at radius 2 is 1.79 bits per heavy atom. The second-order valence-corrected chi connectivity index (χ2v) is 9.34. The van der Waals surface area contributed by atoms with Crippen LogP contribution in [-0.4, -0.2) is 48.9 Å². The van der Waals surface area contributed by atoms with Crippen molar-refractivity contribution in [3.63, 3.8) is 0 Å². The Morgan fingerprint density at radius 3 is 2.50 bits per heavy atom. The zero-order chi connectivity index (χ0) is 20.1. The van der Waals surface area contributed by atoms with E-state index in [1.54, 1.807) is 11.9 Å². The molecule has 0 radical (unpaired) electrons. The van der Waals surface area contributed by atoms with Crippen LogP contribution in [0.3, 0.4) is 0 Å². The van der Waals surface area contributed by atoms with Crippen LogP contribution in [0.25, 0.3) is 11.1 Å². The maximum absolute atomic E-state index is 13.1. The second-order valence-electron chi connectivity index (χ2n) is 7.30. The molecule has 2 aromatic carbocycles. The normalized spacial score (nSPS) is 17.6. The van der Waals surface area contributed by atoms with Crippen molar-refractivity contribution in [1.29, 1.82) is 0 Å². The minimum absolute atomic E-state index is 0.0946. The highest BCUT2D eigenvalue weighted by Gasteiger charge is 2.39. The molecule has 1 unspecified atom stereocenters. The number of sulfonamides is 1. The van der Waals surface area contributed by atoms with Crippen LogP contribution in [0.2, 0.25) is 0 Å². The van der Waals surface area contributed by atoms with Crippen LogP contribution in [0.1, 0.15) is 31.7 Å². The first-order valence-electron chi connectivity index (χ1n) is 9.82. The SMILES string of the molecule is CCCS(=O)(=O)N1CCCC1C(=O)N(C)Cc1ccccc1-c1ccccc1. The predicted molar refractivity (Wildman–Crippen MR) is 112 cm³/mol. The van der Waals surface area contributed by atoms with E-state index in [9.17, 15) is 13.2 Å². The third-order valence-corrected chi connectivity index (χ3v) is 7.27. The van der Waals surface area contributed by atoms with Gasteiger partial charge in [0, 0.05) is 20.1 Å². The lowest BCUT2D eigenvalue weighted by Crippen LogP contribution is -2.46. The summed E-state index contributed by atoms with van der Waals surface area (Å²) in [5, 5.41) is 0. The fourth-order valence-corrected chi connectivity index (χ4v) is 5.58. The summed E-state index contributed by atoms with van der Waals surface area (Å²) in [5.74, 6) is -0.0304. The van der Waals surface area contributed by atoms with Gasteiger partial charge in [0.15, 0.2) is 0 Å². The van der Waals surface area contributed by atoms with Crippen molar-refractivity contribution in [2.75, 3.05) is 19.3 Å². The zero-order valence-electron chi connectivity index (χ0n) is 16.5. The Bertz CT molecular complexity index is 912. The van der Waals surface area contributed by atoms with E-state index in [-0.39, 0.29) is 11.7 Å². The summed E-state index contributed by atoms with van der Waals surface area (Å²) >= 11 is 0. The molecule has 1 fully saturated rings. The molecular formula is C22H28N2O3S.